The minimum absolute atomic E-state index is 0.0688. The van der Waals surface area contributed by atoms with E-state index in [9.17, 15) is 17.1 Å². The summed E-state index contributed by atoms with van der Waals surface area (Å²) in [6.07, 6.45) is 0.266. The molecule has 1 amide bonds. The first kappa shape index (κ1) is 17.2. The molecule has 5 nitrogen and oxygen atoms in total. The molecule has 0 aliphatic carbocycles. The van der Waals surface area contributed by atoms with Crippen LogP contribution in [0.5, 0.6) is 0 Å². The van der Waals surface area contributed by atoms with Crippen molar-refractivity contribution in [2.45, 2.75) is 46.1 Å². The zero-order chi connectivity index (χ0) is 14.4. The van der Waals surface area contributed by atoms with Crippen LogP contribution >= 0.6 is 0 Å². The highest BCUT2D eigenvalue weighted by Gasteiger charge is 2.16. The average Bonchev–Trinajstić information content (AvgIpc) is 2.09. The van der Waals surface area contributed by atoms with E-state index in [1.54, 1.807) is 20.8 Å². The molecular formula is C11H22FNO4S. The summed E-state index contributed by atoms with van der Waals surface area (Å²) in [5.41, 5.74) is -0.546. The van der Waals surface area contributed by atoms with Crippen molar-refractivity contribution >= 4 is 16.3 Å². The first-order chi connectivity index (χ1) is 7.99. The number of halogens is 1. The Morgan fingerprint density at radius 1 is 1.39 bits per heavy atom. The minimum atomic E-state index is -4.39. The number of nitrogens with one attached hydrogen (secondary N) is 1. The van der Waals surface area contributed by atoms with Gasteiger partial charge in [-0.1, -0.05) is 6.92 Å². The summed E-state index contributed by atoms with van der Waals surface area (Å²) in [5, 5.41) is 2.58. The minimum Gasteiger partial charge on any atom is -0.444 e. The van der Waals surface area contributed by atoms with Crippen molar-refractivity contribution in [2.75, 3.05) is 12.3 Å². The number of hydrogen-bond acceptors (Lipinski definition) is 4. The molecule has 7 heteroatoms. The summed E-state index contributed by atoms with van der Waals surface area (Å²) in [6, 6.07) is 0. The average molecular weight is 283 g/mol. The van der Waals surface area contributed by atoms with E-state index in [1.807, 2.05) is 6.92 Å². The van der Waals surface area contributed by atoms with Gasteiger partial charge in [0, 0.05) is 6.54 Å². The Morgan fingerprint density at radius 2 is 1.94 bits per heavy atom. The monoisotopic (exact) mass is 283 g/mol. The maximum absolute atomic E-state index is 12.2. The lowest BCUT2D eigenvalue weighted by atomic mass is 10.1. The fourth-order valence-electron chi connectivity index (χ4n) is 1.28. The molecule has 0 fully saturated rings. The Morgan fingerprint density at radius 3 is 2.39 bits per heavy atom. The summed E-state index contributed by atoms with van der Waals surface area (Å²) in [4.78, 5) is 11.3. The van der Waals surface area contributed by atoms with Gasteiger partial charge >= 0.3 is 16.3 Å². The number of ether oxygens (including phenoxy) is 1. The van der Waals surface area contributed by atoms with Gasteiger partial charge in [-0.25, -0.2) is 4.79 Å². The van der Waals surface area contributed by atoms with Crippen LogP contribution in [-0.4, -0.2) is 32.4 Å². The standard InChI is InChI=1S/C11H22FNO4S/c1-9(6-5-7-18(12,15)16)8-13-10(14)17-11(2,3)4/h9H,5-8H2,1-4H3,(H,13,14). The molecule has 0 saturated heterocycles. The van der Waals surface area contributed by atoms with Gasteiger partial charge in [0.25, 0.3) is 0 Å². The number of carbonyl (C=O) groups excluding carboxylic acids is 1. The van der Waals surface area contributed by atoms with E-state index in [-0.39, 0.29) is 12.3 Å². The molecule has 1 unspecified atom stereocenters. The molecule has 1 atom stereocenters. The van der Waals surface area contributed by atoms with Crippen LogP contribution in [0.3, 0.4) is 0 Å². The predicted molar refractivity (Wildman–Crippen MR) is 67.5 cm³/mol. The fourth-order valence-corrected chi connectivity index (χ4v) is 1.79. The first-order valence-electron chi connectivity index (χ1n) is 5.89. The molecule has 0 bridgehead atoms. The van der Waals surface area contributed by atoms with E-state index in [1.165, 1.54) is 0 Å². The Kier molecular flexibility index (Phi) is 6.59. The van der Waals surface area contributed by atoms with Crippen LogP contribution < -0.4 is 5.32 Å². The van der Waals surface area contributed by atoms with Crippen LogP contribution in [0, 0.1) is 5.92 Å². The summed E-state index contributed by atoms with van der Waals surface area (Å²) >= 11 is 0. The Hall–Kier alpha value is -0.850. The second-order valence-corrected chi connectivity index (χ2v) is 6.86. The highest BCUT2D eigenvalue weighted by atomic mass is 32.3. The Balaban J connectivity index is 3.77. The topological polar surface area (TPSA) is 72.5 Å². The molecule has 108 valence electrons. The van der Waals surface area contributed by atoms with E-state index in [0.29, 0.717) is 13.0 Å². The summed E-state index contributed by atoms with van der Waals surface area (Å²) in [6.45, 7) is 7.52. The summed E-state index contributed by atoms with van der Waals surface area (Å²) in [7, 11) is -4.39. The molecular weight excluding hydrogens is 261 g/mol. The molecule has 0 saturated carbocycles. The molecule has 0 spiro atoms. The van der Waals surface area contributed by atoms with Crippen LogP contribution in [0.4, 0.5) is 8.68 Å². The number of hydrogen-bond donors (Lipinski definition) is 1. The van der Waals surface area contributed by atoms with E-state index in [4.69, 9.17) is 4.74 Å². The van der Waals surface area contributed by atoms with E-state index in [0.717, 1.165) is 0 Å². The summed E-state index contributed by atoms with van der Waals surface area (Å²) < 4.78 is 37.8. The van der Waals surface area contributed by atoms with Gasteiger partial charge < -0.3 is 10.1 Å². The van der Waals surface area contributed by atoms with Crippen molar-refractivity contribution in [2.24, 2.45) is 5.92 Å². The number of alkyl carbamates (subject to hydrolysis) is 1. The lowest BCUT2D eigenvalue weighted by Crippen LogP contribution is -2.34. The molecule has 0 rings (SSSR count). The van der Waals surface area contributed by atoms with Crippen molar-refractivity contribution in [1.29, 1.82) is 0 Å². The SMILES string of the molecule is CC(CCCS(=O)(=O)F)CNC(=O)OC(C)(C)C. The van der Waals surface area contributed by atoms with Gasteiger partial charge in [-0.3, -0.25) is 0 Å². The van der Waals surface area contributed by atoms with Gasteiger partial charge in [0.2, 0.25) is 0 Å². The van der Waals surface area contributed by atoms with Gasteiger partial charge in [0.15, 0.2) is 0 Å². The van der Waals surface area contributed by atoms with Gasteiger partial charge in [0.1, 0.15) is 5.60 Å². The second-order valence-electron chi connectivity index (χ2n) is 5.37. The number of amides is 1. The molecule has 0 aromatic rings. The molecule has 0 heterocycles. The van der Waals surface area contributed by atoms with Gasteiger partial charge in [0.05, 0.1) is 5.75 Å². The predicted octanol–water partition coefficient (Wildman–Crippen LogP) is 2.23. The van der Waals surface area contributed by atoms with E-state index >= 15 is 0 Å². The highest BCUT2D eigenvalue weighted by Crippen LogP contribution is 2.09. The maximum atomic E-state index is 12.2. The highest BCUT2D eigenvalue weighted by molar-refractivity contribution is 7.86. The second kappa shape index (κ2) is 6.92. The third-order valence-corrected chi connectivity index (χ3v) is 2.86. The quantitative estimate of drug-likeness (QED) is 0.759. The zero-order valence-electron chi connectivity index (χ0n) is 11.3. The Bertz CT molecular complexity index is 362. The van der Waals surface area contributed by atoms with Gasteiger partial charge in [-0.15, -0.1) is 3.89 Å². The van der Waals surface area contributed by atoms with E-state index in [2.05, 4.69) is 5.32 Å². The van der Waals surface area contributed by atoms with Gasteiger partial charge in [-0.05, 0) is 39.5 Å². The fraction of sp³-hybridized carbons (Fsp3) is 0.909. The molecule has 0 aromatic heterocycles. The molecule has 0 aliphatic heterocycles. The van der Waals surface area contributed by atoms with Crippen LogP contribution in [0.1, 0.15) is 40.5 Å². The van der Waals surface area contributed by atoms with Crippen molar-refractivity contribution < 1.29 is 21.8 Å². The lowest BCUT2D eigenvalue weighted by Gasteiger charge is -2.20. The van der Waals surface area contributed by atoms with Crippen molar-refractivity contribution in [3.8, 4) is 0 Å². The Labute approximate surface area is 108 Å². The smallest absolute Gasteiger partial charge is 0.407 e. The maximum Gasteiger partial charge on any atom is 0.407 e. The van der Waals surface area contributed by atoms with Crippen LogP contribution in [0.15, 0.2) is 0 Å². The number of rotatable bonds is 6. The third-order valence-electron chi connectivity index (χ3n) is 2.08. The van der Waals surface area contributed by atoms with Crippen molar-refractivity contribution in [3.63, 3.8) is 0 Å². The third kappa shape index (κ3) is 11.6. The normalized spacial score (nSPS) is 14.1. The van der Waals surface area contributed by atoms with Gasteiger partial charge in [-0.2, -0.15) is 8.42 Å². The first-order valence-corrected chi connectivity index (χ1v) is 7.44. The largest absolute Gasteiger partial charge is 0.444 e. The van der Waals surface area contributed by atoms with Crippen molar-refractivity contribution in [3.05, 3.63) is 0 Å². The number of carbonyl (C=O) groups is 1. The molecule has 1 N–H and O–H groups in total. The van der Waals surface area contributed by atoms with Crippen LogP contribution in [0.25, 0.3) is 0 Å². The van der Waals surface area contributed by atoms with E-state index < -0.39 is 27.7 Å². The summed E-state index contributed by atoms with van der Waals surface area (Å²) in [5.74, 6) is -0.400. The van der Waals surface area contributed by atoms with Crippen LogP contribution in [0.2, 0.25) is 0 Å². The molecule has 0 aliphatic rings. The lowest BCUT2D eigenvalue weighted by molar-refractivity contribution is 0.0519. The zero-order valence-corrected chi connectivity index (χ0v) is 12.1. The molecule has 18 heavy (non-hydrogen) atoms. The molecule has 0 aromatic carbocycles. The molecule has 0 radical (unpaired) electrons. The van der Waals surface area contributed by atoms with Crippen LogP contribution in [-0.2, 0) is 15.0 Å². The van der Waals surface area contributed by atoms with Crippen molar-refractivity contribution in [1.82, 2.24) is 5.32 Å².